The Morgan fingerprint density at radius 3 is 3.06 bits per heavy atom. The van der Waals surface area contributed by atoms with Crippen molar-refractivity contribution in [1.82, 2.24) is 5.32 Å². The van der Waals surface area contributed by atoms with Gasteiger partial charge in [-0.2, -0.15) is 0 Å². The van der Waals surface area contributed by atoms with Crippen molar-refractivity contribution < 1.29 is 4.39 Å². The molecular formula is C12H16ClFN2. The van der Waals surface area contributed by atoms with E-state index in [-0.39, 0.29) is 10.8 Å². The first-order chi connectivity index (χ1) is 7.75. The Labute approximate surface area is 100 Å². The summed E-state index contributed by atoms with van der Waals surface area (Å²) in [6, 6.07) is 4.74. The molecule has 1 fully saturated rings. The fraction of sp³-hybridized carbons (Fsp3) is 0.500. The van der Waals surface area contributed by atoms with E-state index in [1.54, 1.807) is 12.1 Å². The molecule has 0 aliphatic carbocycles. The molecule has 1 unspecified atom stereocenters. The molecule has 0 bridgehead atoms. The molecule has 1 aliphatic rings. The van der Waals surface area contributed by atoms with Crippen LogP contribution in [0.25, 0.3) is 0 Å². The molecular weight excluding hydrogens is 227 g/mol. The second-order valence-electron chi connectivity index (χ2n) is 4.20. The summed E-state index contributed by atoms with van der Waals surface area (Å²) in [7, 11) is 0. The quantitative estimate of drug-likeness (QED) is 0.849. The number of nitrogens with one attached hydrogen (secondary N) is 2. The van der Waals surface area contributed by atoms with Gasteiger partial charge < -0.3 is 10.6 Å². The fourth-order valence-corrected chi connectivity index (χ4v) is 2.17. The van der Waals surface area contributed by atoms with E-state index < -0.39 is 0 Å². The summed E-state index contributed by atoms with van der Waals surface area (Å²) in [5, 5.41) is 6.77. The average molecular weight is 243 g/mol. The van der Waals surface area contributed by atoms with Gasteiger partial charge in [0.25, 0.3) is 0 Å². The number of anilines is 1. The molecule has 2 N–H and O–H groups in total. The Balaban J connectivity index is 1.78. The summed E-state index contributed by atoms with van der Waals surface area (Å²) in [6.45, 7) is 3.16. The van der Waals surface area contributed by atoms with Crippen molar-refractivity contribution in [1.29, 1.82) is 0 Å². The second kappa shape index (κ2) is 5.51. The van der Waals surface area contributed by atoms with Gasteiger partial charge in [-0.1, -0.05) is 11.6 Å². The number of hydrogen-bond donors (Lipinski definition) is 2. The van der Waals surface area contributed by atoms with Crippen molar-refractivity contribution in [2.75, 3.05) is 25.0 Å². The van der Waals surface area contributed by atoms with E-state index in [4.69, 9.17) is 11.6 Å². The SMILES string of the molecule is Fc1ccc(NCCC2CCNC2)cc1Cl. The van der Waals surface area contributed by atoms with Gasteiger partial charge in [-0.15, -0.1) is 0 Å². The van der Waals surface area contributed by atoms with Gasteiger partial charge in [0.15, 0.2) is 0 Å². The summed E-state index contributed by atoms with van der Waals surface area (Å²) in [5.41, 5.74) is 0.886. The maximum absolute atomic E-state index is 12.9. The van der Waals surface area contributed by atoms with Gasteiger partial charge in [-0.3, -0.25) is 0 Å². The van der Waals surface area contributed by atoms with Gasteiger partial charge in [-0.05, 0) is 50.0 Å². The third-order valence-electron chi connectivity index (χ3n) is 2.96. The number of rotatable bonds is 4. The molecule has 0 radical (unpaired) electrons. The average Bonchev–Trinajstić information content (AvgIpc) is 2.76. The molecule has 0 amide bonds. The molecule has 0 aromatic heterocycles. The summed E-state index contributed by atoms with van der Waals surface area (Å²) in [4.78, 5) is 0. The largest absolute Gasteiger partial charge is 0.385 e. The zero-order valence-electron chi connectivity index (χ0n) is 9.10. The summed E-state index contributed by atoms with van der Waals surface area (Å²) in [5.74, 6) is 0.399. The molecule has 1 heterocycles. The van der Waals surface area contributed by atoms with Crippen LogP contribution >= 0.6 is 11.6 Å². The molecule has 4 heteroatoms. The Kier molecular flexibility index (Phi) is 4.02. The molecule has 16 heavy (non-hydrogen) atoms. The first kappa shape index (κ1) is 11.7. The topological polar surface area (TPSA) is 24.1 Å². The van der Waals surface area contributed by atoms with Gasteiger partial charge in [0.2, 0.25) is 0 Å². The zero-order chi connectivity index (χ0) is 11.4. The van der Waals surface area contributed by atoms with E-state index in [0.29, 0.717) is 0 Å². The van der Waals surface area contributed by atoms with Gasteiger partial charge in [0, 0.05) is 12.2 Å². The standard InChI is InChI=1S/C12H16ClFN2/c13-11-7-10(1-2-12(11)14)16-6-4-9-3-5-15-8-9/h1-2,7,9,15-16H,3-6,8H2. The normalized spacial score (nSPS) is 20.0. The van der Waals surface area contributed by atoms with Crippen LogP contribution in [-0.2, 0) is 0 Å². The smallest absolute Gasteiger partial charge is 0.141 e. The molecule has 88 valence electrons. The summed E-state index contributed by atoms with van der Waals surface area (Å²) >= 11 is 5.69. The summed E-state index contributed by atoms with van der Waals surface area (Å²) in [6.07, 6.45) is 2.40. The molecule has 0 saturated carbocycles. The lowest BCUT2D eigenvalue weighted by Crippen LogP contribution is -2.12. The van der Waals surface area contributed by atoms with Crippen LogP contribution in [0.3, 0.4) is 0 Å². The maximum atomic E-state index is 12.9. The predicted molar refractivity (Wildman–Crippen MR) is 65.5 cm³/mol. The van der Waals surface area contributed by atoms with Crippen LogP contribution < -0.4 is 10.6 Å². The van der Waals surface area contributed by atoms with Crippen LogP contribution in [-0.4, -0.2) is 19.6 Å². The molecule has 0 spiro atoms. The maximum Gasteiger partial charge on any atom is 0.141 e. The number of benzene rings is 1. The molecule has 1 saturated heterocycles. The van der Waals surface area contributed by atoms with E-state index in [9.17, 15) is 4.39 Å². The van der Waals surface area contributed by atoms with Crippen LogP contribution in [0.15, 0.2) is 18.2 Å². The van der Waals surface area contributed by atoms with E-state index in [1.165, 1.54) is 12.5 Å². The molecule has 1 atom stereocenters. The van der Waals surface area contributed by atoms with E-state index in [0.717, 1.165) is 37.7 Å². The number of halogens is 2. The second-order valence-corrected chi connectivity index (χ2v) is 4.61. The van der Waals surface area contributed by atoms with Crippen molar-refractivity contribution in [2.24, 2.45) is 5.92 Å². The lowest BCUT2D eigenvalue weighted by atomic mass is 10.1. The Morgan fingerprint density at radius 2 is 2.38 bits per heavy atom. The summed E-state index contributed by atoms with van der Waals surface area (Å²) < 4.78 is 12.9. The molecule has 2 rings (SSSR count). The third-order valence-corrected chi connectivity index (χ3v) is 3.25. The molecule has 1 aromatic carbocycles. The van der Waals surface area contributed by atoms with Crippen LogP contribution in [0.1, 0.15) is 12.8 Å². The monoisotopic (exact) mass is 242 g/mol. The highest BCUT2D eigenvalue weighted by atomic mass is 35.5. The highest BCUT2D eigenvalue weighted by Gasteiger charge is 2.13. The van der Waals surface area contributed by atoms with Gasteiger partial charge in [0.1, 0.15) is 5.82 Å². The van der Waals surface area contributed by atoms with Gasteiger partial charge >= 0.3 is 0 Å². The van der Waals surface area contributed by atoms with E-state index >= 15 is 0 Å². The highest BCUT2D eigenvalue weighted by Crippen LogP contribution is 2.20. The first-order valence-corrected chi connectivity index (χ1v) is 6.03. The van der Waals surface area contributed by atoms with Crippen molar-refractivity contribution in [3.63, 3.8) is 0 Å². The Hall–Kier alpha value is -0.800. The minimum absolute atomic E-state index is 0.174. The number of hydrogen-bond acceptors (Lipinski definition) is 2. The van der Waals surface area contributed by atoms with Crippen LogP contribution in [0.4, 0.5) is 10.1 Å². The highest BCUT2D eigenvalue weighted by molar-refractivity contribution is 6.31. The fourth-order valence-electron chi connectivity index (χ4n) is 1.99. The first-order valence-electron chi connectivity index (χ1n) is 5.65. The van der Waals surface area contributed by atoms with E-state index in [1.807, 2.05) is 0 Å². The molecule has 1 aliphatic heterocycles. The van der Waals surface area contributed by atoms with Crippen molar-refractivity contribution in [3.05, 3.63) is 29.0 Å². The lowest BCUT2D eigenvalue weighted by molar-refractivity contribution is 0.549. The minimum Gasteiger partial charge on any atom is -0.385 e. The van der Waals surface area contributed by atoms with Crippen molar-refractivity contribution in [2.45, 2.75) is 12.8 Å². The van der Waals surface area contributed by atoms with Gasteiger partial charge in [0.05, 0.1) is 5.02 Å². The van der Waals surface area contributed by atoms with Crippen LogP contribution in [0, 0.1) is 11.7 Å². The predicted octanol–water partition coefficient (Wildman–Crippen LogP) is 2.89. The van der Waals surface area contributed by atoms with Crippen molar-refractivity contribution >= 4 is 17.3 Å². The van der Waals surface area contributed by atoms with Gasteiger partial charge in [-0.25, -0.2) is 4.39 Å². The van der Waals surface area contributed by atoms with Crippen LogP contribution in [0.5, 0.6) is 0 Å². The van der Waals surface area contributed by atoms with Crippen LogP contribution in [0.2, 0.25) is 5.02 Å². The van der Waals surface area contributed by atoms with E-state index in [2.05, 4.69) is 10.6 Å². The Morgan fingerprint density at radius 1 is 1.50 bits per heavy atom. The molecule has 1 aromatic rings. The minimum atomic E-state index is -0.368. The lowest BCUT2D eigenvalue weighted by Gasteiger charge is -2.10. The molecule has 2 nitrogen and oxygen atoms in total. The third kappa shape index (κ3) is 3.09. The Bertz CT molecular complexity index is 351. The van der Waals surface area contributed by atoms with Crippen molar-refractivity contribution in [3.8, 4) is 0 Å². The zero-order valence-corrected chi connectivity index (χ0v) is 9.86.